The first-order valence-corrected chi connectivity index (χ1v) is 6.38. The Balaban J connectivity index is 2.50. The van der Waals surface area contributed by atoms with Crippen molar-refractivity contribution in [3.8, 4) is 0 Å². The van der Waals surface area contributed by atoms with Crippen LogP contribution in [0.15, 0.2) is 24.3 Å². The fourth-order valence-electron chi connectivity index (χ4n) is 1.90. The van der Waals surface area contributed by atoms with Gasteiger partial charge in [-0.05, 0) is 31.9 Å². The smallest absolute Gasteiger partial charge is 0.222 e. The Hall–Kier alpha value is -1.84. The molecule has 1 heterocycles. The van der Waals surface area contributed by atoms with Crippen molar-refractivity contribution in [2.75, 3.05) is 11.1 Å². The minimum atomic E-state index is 0.0313. The molecule has 0 spiro atoms. The van der Waals surface area contributed by atoms with Crippen molar-refractivity contribution in [1.29, 1.82) is 0 Å². The van der Waals surface area contributed by atoms with Crippen LogP contribution in [0.3, 0.4) is 0 Å². The van der Waals surface area contributed by atoms with E-state index in [0.29, 0.717) is 5.95 Å². The molecule has 0 fully saturated rings. The summed E-state index contributed by atoms with van der Waals surface area (Å²) in [6.07, 6.45) is 2.06. The largest absolute Gasteiger partial charge is 0.368 e. The van der Waals surface area contributed by atoms with Crippen molar-refractivity contribution in [2.45, 2.75) is 39.2 Å². The molecular weight excluding hydrogens is 224 g/mol. The minimum absolute atomic E-state index is 0.0313. The molecule has 4 heteroatoms. The van der Waals surface area contributed by atoms with Gasteiger partial charge in [0.05, 0.1) is 5.52 Å². The summed E-state index contributed by atoms with van der Waals surface area (Å²) in [5.74, 6) is 1.13. The zero-order valence-corrected chi connectivity index (χ0v) is 11.2. The lowest BCUT2D eigenvalue weighted by atomic mass is 9.95. The van der Waals surface area contributed by atoms with Gasteiger partial charge >= 0.3 is 0 Å². The first-order valence-electron chi connectivity index (χ1n) is 6.38. The van der Waals surface area contributed by atoms with Crippen molar-refractivity contribution in [2.24, 2.45) is 0 Å². The van der Waals surface area contributed by atoms with Crippen molar-refractivity contribution in [1.82, 2.24) is 9.97 Å². The maximum atomic E-state index is 5.76. The molecule has 2 rings (SSSR count). The number of nitrogens with zero attached hydrogens (tertiary/aromatic N) is 2. The number of fused-ring (bicyclic) bond motifs is 1. The van der Waals surface area contributed by atoms with E-state index < -0.39 is 0 Å². The summed E-state index contributed by atoms with van der Waals surface area (Å²) < 4.78 is 0. The summed E-state index contributed by atoms with van der Waals surface area (Å²) in [5.41, 5.74) is 6.67. The van der Waals surface area contributed by atoms with Gasteiger partial charge < -0.3 is 11.1 Å². The molecule has 0 atom stereocenters. The van der Waals surface area contributed by atoms with Crippen LogP contribution >= 0.6 is 0 Å². The second-order valence-corrected chi connectivity index (χ2v) is 4.84. The van der Waals surface area contributed by atoms with Gasteiger partial charge in [-0.25, -0.2) is 4.98 Å². The quantitative estimate of drug-likeness (QED) is 0.866. The molecular formula is C14H20N4. The zero-order valence-electron chi connectivity index (χ0n) is 11.2. The van der Waals surface area contributed by atoms with Gasteiger partial charge in [-0.3, -0.25) is 0 Å². The maximum Gasteiger partial charge on any atom is 0.222 e. The van der Waals surface area contributed by atoms with Gasteiger partial charge in [0.1, 0.15) is 5.82 Å². The van der Waals surface area contributed by atoms with Crippen LogP contribution in [0.4, 0.5) is 11.8 Å². The van der Waals surface area contributed by atoms with Crippen molar-refractivity contribution < 1.29 is 0 Å². The third-order valence-corrected chi connectivity index (χ3v) is 3.60. The lowest BCUT2D eigenvalue weighted by Gasteiger charge is -2.29. The number of anilines is 2. The summed E-state index contributed by atoms with van der Waals surface area (Å²) in [7, 11) is 0. The molecule has 96 valence electrons. The number of nitrogens with one attached hydrogen (secondary N) is 1. The average molecular weight is 244 g/mol. The molecule has 1 aromatic carbocycles. The van der Waals surface area contributed by atoms with Gasteiger partial charge in [0, 0.05) is 10.9 Å². The highest BCUT2D eigenvalue weighted by Gasteiger charge is 2.21. The Morgan fingerprint density at radius 3 is 2.50 bits per heavy atom. The van der Waals surface area contributed by atoms with Crippen LogP contribution in [-0.4, -0.2) is 15.5 Å². The monoisotopic (exact) mass is 244 g/mol. The summed E-state index contributed by atoms with van der Waals surface area (Å²) in [6.45, 7) is 6.53. The first-order chi connectivity index (χ1) is 8.58. The number of nitrogens with two attached hydrogens (primary N) is 1. The Bertz CT molecular complexity index is 546. The molecule has 18 heavy (non-hydrogen) atoms. The number of rotatable bonds is 4. The van der Waals surface area contributed by atoms with E-state index in [1.54, 1.807) is 0 Å². The van der Waals surface area contributed by atoms with Gasteiger partial charge in [-0.1, -0.05) is 26.0 Å². The van der Waals surface area contributed by atoms with Crippen molar-refractivity contribution in [3.05, 3.63) is 24.3 Å². The molecule has 0 aliphatic rings. The molecule has 2 aromatic rings. The summed E-state index contributed by atoms with van der Waals surface area (Å²) in [6, 6.07) is 7.91. The third-order valence-electron chi connectivity index (χ3n) is 3.60. The molecule has 3 N–H and O–H groups in total. The van der Waals surface area contributed by atoms with E-state index >= 15 is 0 Å². The molecule has 0 aliphatic heterocycles. The lowest BCUT2D eigenvalue weighted by molar-refractivity contribution is 0.477. The summed E-state index contributed by atoms with van der Waals surface area (Å²) in [4.78, 5) is 8.58. The number of hydrogen-bond acceptors (Lipinski definition) is 4. The molecule has 0 bridgehead atoms. The molecule has 1 aromatic heterocycles. The van der Waals surface area contributed by atoms with Gasteiger partial charge in [0.15, 0.2) is 0 Å². The molecule has 0 saturated heterocycles. The highest BCUT2D eigenvalue weighted by atomic mass is 15.1. The zero-order chi connectivity index (χ0) is 13.2. The van der Waals surface area contributed by atoms with Crippen LogP contribution in [0, 0.1) is 0 Å². The topological polar surface area (TPSA) is 63.8 Å². The minimum Gasteiger partial charge on any atom is -0.368 e. The highest BCUT2D eigenvalue weighted by molar-refractivity contribution is 5.90. The van der Waals surface area contributed by atoms with Gasteiger partial charge in [0.2, 0.25) is 5.95 Å². The number of hydrogen-bond donors (Lipinski definition) is 2. The first kappa shape index (κ1) is 12.6. The fourth-order valence-corrected chi connectivity index (χ4v) is 1.90. The van der Waals surface area contributed by atoms with Crippen molar-refractivity contribution in [3.63, 3.8) is 0 Å². The Kier molecular flexibility index (Phi) is 3.36. The molecule has 0 radical (unpaired) electrons. The highest BCUT2D eigenvalue weighted by Crippen LogP contribution is 2.26. The Morgan fingerprint density at radius 1 is 1.17 bits per heavy atom. The lowest BCUT2D eigenvalue weighted by Crippen LogP contribution is -2.33. The van der Waals surface area contributed by atoms with Crippen LogP contribution in [0.1, 0.15) is 33.6 Å². The summed E-state index contributed by atoms with van der Waals surface area (Å²) in [5, 5.41) is 4.52. The SMILES string of the molecule is CCC(C)(CC)Nc1nc(N)nc2ccccc12. The number of para-hydroxylation sites is 1. The molecule has 0 saturated carbocycles. The van der Waals surface area contributed by atoms with E-state index in [4.69, 9.17) is 5.73 Å². The molecule has 0 aliphatic carbocycles. The number of nitrogen functional groups attached to an aromatic ring is 1. The van der Waals surface area contributed by atoms with Crippen LogP contribution in [-0.2, 0) is 0 Å². The molecule has 0 amide bonds. The van der Waals surface area contributed by atoms with E-state index in [-0.39, 0.29) is 5.54 Å². The average Bonchev–Trinajstić information content (AvgIpc) is 2.38. The number of aromatic nitrogens is 2. The Morgan fingerprint density at radius 2 is 1.83 bits per heavy atom. The van der Waals surface area contributed by atoms with E-state index in [9.17, 15) is 0 Å². The predicted octanol–water partition coefficient (Wildman–Crippen LogP) is 3.20. The second-order valence-electron chi connectivity index (χ2n) is 4.84. The number of benzene rings is 1. The van der Waals surface area contributed by atoms with E-state index in [1.165, 1.54) is 0 Å². The maximum absolute atomic E-state index is 5.76. The van der Waals surface area contributed by atoms with Crippen molar-refractivity contribution >= 4 is 22.7 Å². The van der Waals surface area contributed by atoms with Crippen LogP contribution < -0.4 is 11.1 Å². The van der Waals surface area contributed by atoms with E-state index in [0.717, 1.165) is 29.6 Å². The van der Waals surface area contributed by atoms with Crippen LogP contribution in [0.2, 0.25) is 0 Å². The van der Waals surface area contributed by atoms with Gasteiger partial charge in [-0.2, -0.15) is 4.98 Å². The standard InChI is InChI=1S/C14H20N4/c1-4-14(3,5-2)18-12-10-8-6-7-9-11(10)16-13(15)17-12/h6-9H,4-5H2,1-3H3,(H3,15,16,17,18). The Labute approximate surface area is 108 Å². The van der Waals surface area contributed by atoms with Gasteiger partial charge in [-0.15, -0.1) is 0 Å². The second kappa shape index (κ2) is 4.80. The van der Waals surface area contributed by atoms with Gasteiger partial charge in [0.25, 0.3) is 0 Å². The molecule has 0 unspecified atom stereocenters. The summed E-state index contributed by atoms with van der Waals surface area (Å²) >= 11 is 0. The van der Waals surface area contributed by atoms with E-state index in [1.807, 2.05) is 24.3 Å². The third kappa shape index (κ3) is 2.37. The molecule has 4 nitrogen and oxygen atoms in total. The predicted molar refractivity (Wildman–Crippen MR) is 76.6 cm³/mol. The van der Waals surface area contributed by atoms with E-state index in [2.05, 4.69) is 36.1 Å². The van der Waals surface area contributed by atoms with Crippen LogP contribution in [0.25, 0.3) is 10.9 Å². The normalized spacial score (nSPS) is 11.7. The fraction of sp³-hybridized carbons (Fsp3) is 0.429. The van der Waals surface area contributed by atoms with Crippen LogP contribution in [0.5, 0.6) is 0 Å².